The molecule has 2 heterocycles. The number of carbonyl (C=O) groups excluding carboxylic acids is 2. The molecule has 1 aromatic carbocycles. The topological polar surface area (TPSA) is 90.4 Å². The summed E-state index contributed by atoms with van der Waals surface area (Å²) in [5.41, 5.74) is 1.61. The molecule has 0 saturated carbocycles. The Balaban J connectivity index is 1.70. The maximum atomic E-state index is 12.9. The molecule has 0 saturated heterocycles. The Labute approximate surface area is 211 Å². The summed E-state index contributed by atoms with van der Waals surface area (Å²) in [6.07, 6.45) is 10.4. The number of benzene rings is 1. The number of Topliss-reactive ketones (excluding diaryl/α,β-unsaturated/α-hetero) is 1. The van der Waals surface area contributed by atoms with E-state index in [0.717, 1.165) is 54.1 Å². The fourth-order valence-corrected chi connectivity index (χ4v) is 4.41. The van der Waals surface area contributed by atoms with Gasteiger partial charge in [-0.05, 0) is 56.3 Å². The molecule has 0 radical (unpaired) electrons. The number of pyridine rings is 2. The second-order valence-electron chi connectivity index (χ2n) is 9.52. The highest BCUT2D eigenvalue weighted by Gasteiger charge is 2.46. The average molecular weight is 488 g/mol. The van der Waals surface area contributed by atoms with Crippen LogP contribution in [0.2, 0.25) is 0 Å². The molecule has 0 spiro atoms. The zero-order chi connectivity index (χ0) is 25.7. The molecule has 0 amide bonds. The van der Waals surface area contributed by atoms with E-state index in [-0.39, 0.29) is 23.9 Å². The number of aromatic nitrogens is 2. The lowest BCUT2D eigenvalue weighted by atomic mass is 9.67. The van der Waals surface area contributed by atoms with Crippen LogP contribution < -0.4 is 14.8 Å². The summed E-state index contributed by atoms with van der Waals surface area (Å²) < 4.78 is 11.9. The molecule has 7 heteroatoms. The molecule has 3 aromatic rings. The molecule has 1 N–H and O–H groups in total. The van der Waals surface area contributed by atoms with Crippen LogP contribution in [0, 0.1) is 5.41 Å². The Kier molecular flexibility index (Phi) is 7.67. The highest BCUT2D eigenvalue weighted by Crippen LogP contribution is 2.47. The van der Waals surface area contributed by atoms with Crippen LogP contribution in [0.3, 0.4) is 0 Å². The summed E-state index contributed by atoms with van der Waals surface area (Å²) in [4.78, 5) is 33.8. The molecule has 1 aliphatic carbocycles. The van der Waals surface area contributed by atoms with E-state index in [1.165, 1.54) is 0 Å². The van der Waals surface area contributed by atoms with Gasteiger partial charge in [-0.2, -0.15) is 0 Å². The van der Waals surface area contributed by atoms with E-state index in [4.69, 9.17) is 9.47 Å². The van der Waals surface area contributed by atoms with Gasteiger partial charge in [0.25, 0.3) is 0 Å². The molecular weight excluding hydrogens is 454 g/mol. The predicted octanol–water partition coefficient (Wildman–Crippen LogP) is 6.98. The molecule has 1 aliphatic rings. The largest absolute Gasteiger partial charge is 0.434 e. The quantitative estimate of drug-likeness (QED) is 0.177. The van der Waals surface area contributed by atoms with Crippen molar-refractivity contribution in [1.29, 1.82) is 0 Å². The minimum Gasteiger partial charge on any atom is -0.434 e. The zero-order valence-electron chi connectivity index (χ0n) is 21.4. The fourth-order valence-electron chi connectivity index (χ4n) is 4.41. The summed E-state index contributed by atoms with van der Waals surface area (Å²) >= 11 is 0. The van der Waals surface area contributed by atoms with E-state index in [0.29, 0.717) is 17.3 Å². The van der Waals surface area contributed by atoms with Crippen LogP contribution in [0.5, 0.6) is 17.4 Å². The molecular formula is C29H33N3O4. The number of ketones is 1. The first kappa shape index (κ1) is 25.4. The Morgan fingerprint density at radius 3 is 2.64 bits per heavy atom. The summed E-state index contributed by atoms with van der Waals surface area (Å²) in [6.45, 7) is 7.74. The third kappa shape index (κ3) is 5.10. The number of fused-ring (bicyclic) bond motifs is 1. The van der Waals surface area contributed by atoms with Crippen LogP contribution in [0.1, 0.15) is 66.2 Å². The second kappa shape index (κ2) is 10.9. The SMILES string of the molecule is CCCCCCC1=C(Nc2cccc(Oc3nccc4ccncc34)c2OC(=O)CC)C(C)(C)C1=O. The number of ether oxygens (including phenoxy) is 2. The van der Waals surface area contributed by atoms with Gasteiger partial charge in [-0.3, -0.25) is 14.6 Å². The van der Waals surface area contributed by atoms with Crippen molar-refractivity contribution in [3.05, 3.63) is 60.2 Å². The first-order valence-electron chi connectivity index (χ1n) is 12.6. The maximum absolute atomic E-state index is 12.9. The van der Waals surface area contributed by atoms with E-state index < -0.39 is 5.41 Å². The number of hydrogen-bond donors (Lipinski definition) is 1. The predicted molar refractivity (Wildman–Crippen MR) is 140 cm³/mol. The molecule has 0 atom stereocenters. The summed E-state index contributed by atoms with van der Waals surface area (Å²) in [6, 6.07) is 9.13. The van der Waals surface area contributed by atoms with E-state index in [9.17, 15) is 9.59 Å². The van der Waals surface area contributed by atoms with Crippen molar-refractivity contribution in [3.8, 4) is 17.4 Å². The van der Waals surface area contributed by atoms with Gasteiger partial charge in [0.05, 0.1) is 16.5 Å². The molecule has 0 fully saturated rings. The number of hydrogen-bond acceptors (Lipinski definition) is 7. The second-order valence-corrected chi connectivity index (χ2v) is 9.52. The number of unbranched alkanes of at least 4 members (excludes halogenated alkanes) is 3. The van der Waals surface area contributed by atoms with E-state index in [1.54, 1.807) is 31.6 Å². The molecule has 2 aromatic heterocycles. The van der Waals surface area contributed by atoms with Crippen molar-refractivity contribution in [2.24, 2.45) is 5.41 Å². The van der Waals surface area contributed by atoms with Gasteiger partial charge in [-0.25, -0.2) is 4.98 Å². The van der Waals surface area contributed by atoms with E-state index in [1.807, 2.05) is 38.1 Å². The summed E-state index contributed by atoms with van der Waals surface area (Å²) in [7, 11) is 0. The number of anilines is 1. The van der Waals surface area contributed by atoms with Crippen molar-refractivity contribution in [2.45, 2.75) is 66.2 Å². The van der Waals surface area contributed by atoms with Gasteiger partial charge in [0.2, 0.25) is 5.88 Å². The summed E-state index contributed by atoms with van der Waals surface area (Å²) in [5.74, 6) is 0.744. The molecule has 0 aliphatic heterocycles. The van der Waals surface area contributed by atoms with Crippen molar-refractivity contribution < 1.29 is 19.1 Å². The number of rotatable bonds is 11. The molecule has 7 nitrogen and oxygen atoms in total. The van der Waals surface area contributed by atoms with Crippen LogP contribution >= 0.6 is 0 Å². The van der Waals surface area contributed by atoms with Gasteiger partial charge in [-0.1, -0.05) is 39.2 Å². The Morgan fingerprint density at radius 1 is 1.06 bits per heavy atom. The minimum absolute atomic E-state index is 0.161. The first-order valence-corrected chi connectivity index (χ1v) is 12.6. The number of allylic oxidation sites excluding steroid dienone is 2. The van der Waals surface area contributed by atoms with Gasteiger partial charge in [0.1, 0.15) is 0 Å². The Hall–Kier alpha value is -3.74. The van der Waals surface area contributed by atoms with E-state index >= 15 is 0 Å². The summed E-state index contributed by atoms with van der Waals surface area (Å²) in [5, 5.41) is 5.10. The molecule has 0 bridgehead atoms. The standard InChI is InChI=1S/C29H33N3O4/c1-5-7-8-9-11-20-26(29(3,4)27(20)34)32-22-12-10-13-23(25(22)36-24(33)6-2)35-28-21-18-30-16-14-19(21)15-17-31-28/h10,12-18,32H,5-9,11H2,1-4H3. The number of carbonyl (C=O) groups is 2. The average Bonchev–Trinajstić information content (AvgIpc) is 2.89. The van der Waals surface area contributed by atoms with Gasteiger partial charge in [0, 0.05) is 36.3 Å². The van der Waals surface area contributed by atoms with Crippen molar-refractivity contribution in [1.82, 2.24) is 9.97 Å². The van der Waals surface area contributed by atoms with Crippen LogP contribution in [0.4, 0.5) is 5.69 Å². The molecule has 4 rings (SSSR count). The zero-order valence-corrected chi connectivity index (χ0v) is 21.4. The van der Waals surface area contributed by atoms with Gasteiger partial charge in [0.15, 0.2) is 17.3 Å². The van der Waals surface area contributed by atoms with Gasteiger partial charge in [-0.15, -0.1) is 0 Å². The molecule has 188 valence electrons. The number of nitrogens with zero attached hydrogens (tertiary/aromatic N) is 2. The first-order chi connectivity index (χ1) is 17.4. The van der Waals surface area contributed by atoms with Gasteiger partial charge < -0.3 is 14.8 Å². The van der Waals surface area contributed by atoms with Crippen LogP contribution in [-0.4, -0.2) is 21.7 Å². The fraction of sp³-hybridized carbons (Fsp3) is 0.379. The van der Waals surface area contributed by atoms with E-state index in [2.05, 4.69) is 22.2 Å². The van der Waals surface area contributed by atoms with Crippen LogP contribution in [-0.2, 0) is 9.59 Å². The van der Waals surface area contributed by atoms with Crippen molar-refractivity contribution in [3.63, 3.8) is 0 Å². The number of nitrogens with one attached hydrogen (secondary N) is 1. The molecule has 36 heavy (non-hydrogen) atoms. The minimum atomic E-state index is -0.633. The monoisotopic (exact) mass is 487 g/mol. The lowest BCUT2D eigenvalue weighted by Gasteiger charge is -2.39. The molecule has 0 unspecified atom stereocenters. The van der Waals surface area contributed by atoms with Crippen LogP contribution in [0.25, 0.3) is 10.8 Å². The number of esters is 1. The van der Waals surface area contributed by atoms with Gasteiger partial charge >= 0.3 is 5.97 Å². The Morgan fingerprint density at radius 2 is 1.86 bits per heavy atom. The smallest absolute Gasteiger partial charge is 0.311 e. The normalized spacial score (nSPS) is 14.5. The maximum Gasteiger partial charge on any atom is 0.311 e. The van der Waals surface area contributed by atoms with Crippen molar-refractivity contribution in [2.75, 3.05) is 5.32 Å². The third-order valence-electron chi connectivity index (χ3n) is 6.53. The highest BCUT2D eigenvalue weighted by atomic mass is 16.6. The van der Waals surface area contributed by atoms with Crippen LogP contribution in [0.15, 0.2) is 60.2 Å². The number of para-hydroxylation sites is 1. The Bertz CT molecular complexity index is 1310. The lowest BCUT2D eigenvalue weighted by molar-refractivity contribution is -0.134. The lowest BCUT2D eigenvalue weighted by Crippen LogP contribution is -2.42. The third-order valence-corrected chi connectivity index (χ3v) is 6.53. The van der Waals surface area contributed by atoms with Crippen molar-refractivity contribution >= 4 is 28.2 Å². The highest BCUT2D eigenvalue weighted by molar-refractivity contribution is 6.10.